The Balaban J connectivity index is 1.61. The number of hydrogen-bond donors (Lipinski definition) is 1. The maximum atomic E-state index is 12.3. The molecule has 1 aromatic heterocycles. The molecule has 2 heterocycles. The van der Waals surface area contributed by atoms with E-state index in [0.29, 0.717) is 23.8 Å². The van der Waals surface area contributed by atoms with Gasteiger partial charge in [0.15, 0.2) is 0 Å². The number of nitriles is 1. The quantitative estimate of drug-likeness (QED) is 0.664. The molecule has 0 bridgehead atoms. The summed E-state index contributed by atoms with van der Waals surface area (Å²) in [5, 5.41) is 12.6. The fraction of sp³-hybridized carbons (Fsp3) is 0.211. The minimum Gasteiger partial charge on any atom is -0.373 e. The molecule has 1 fully saturated rings. The molecule has 132 valence electrons. The van der Waals surface area contributed by atoms with Gasteiger partial charge in [0, 0.05) is 49.3 Å². The third-order valence-corrected chi connectivity index (χ3v) is 4.28. The molecule has 3 rings (SSSR count). The van der Waals surface area contributed by atoms with Gasteiger partial charge < -0.3 is 15.1 Å². The molecule has 0 spiro atoms. The smallest absolute Gasteiger partial charge is 0.267 e. The Morgan fingerprint density at radius 2 is 2.00 bits per heavy atom. The van der Waals surface area contributed by atoms with Crippen LogP contribution in [-0.2, 0) is 4.79 Å². The lowest BCUT2D eigenvalue weighted by Crippen LogP contribution is -2.44. The van der Waals surface area contributed by atoms with Gasteiger partial charge in [-0.3, -0.25) is 4.79 Å². The lowest BCUT2D eigenvalue weighted by Gasteiger charge is -2.34. The number of carbonyl (C=O) groups excluding carboxylic acids is 1. The molecule has 1 N–H and O–H groups in total. The van der Waals surface area contributed by atoms with Gasteiger partial charge in [-0.15, -0.1) is 0 Å². The second kappa shape index (κ2) is 8.37. The number of nitrogens with zero attached hydrogens (tertiary/aromatic N) is 4. The monoisotopic (exact) mass is 367 g/mol. The third-order valence-electron chi connectivity index (χ3n) is 4.05. The molecule has 0 radical (unpaired) electrons. The number of piperazine rings is 1. The Hall–Kier alpha value is -3.04. The van der Waals surface area contributed by atoms with Crippen LogP contribution < -0.4 is 10.2 Å². The van der Waals surface area contributed by atoms with E-state index < -0.39 is 5.91 Å². The van der Waals surface area contributed by atoms with Gasteiger partial charge in [-0.2, -0.15) is 5.26 Å². The Bertz CT molecular complexity index is 839. The maximum Gasteiger partial charge on any atom is 0.267 e. The predicted molar refractivity (Wildman–Crippen MR) is 102 cm³/mol. The first-order valence-corrected chi connectivity index (χ1v) is 8.62. The zero-order valence-corrected chi connectivity index (χ0v) is 14.9. The van der Waals surface area contributed by atoms with Gasteiger partial charge >= 0.3 is 0 Å². The Morgan fingerprint density at radius 1 is 1.19 bits per heavy atom. The number of carbonyl (C=O) groups is 1. The second-order valence-corrected chi connectivity index (χ2v) is 6.27. The van der Waals surface area contributed by atoms with E-state index >= 15 is 0 Å². The molecule has 1 saturated heterocycles. The Kier molecular flexibility index (Phi) is 5.72. The van der Waals surface area contributed by atoms with Gasteiger partial charge in [0.1, 0.15) is 17.5 Å². The topological polar surface area (TPSA) is 72.3 Å². The van der Waals surface area contributed by atoms with E-state index in [0.717, 1.165) is 18.9 Å². The van der Waals surface area contributed by atoms with Crippen molar-refractivity contribution in [3.63, 3.8) is 0 Å². The van der Waals surface area contributed by atoms with Gasteiger partial charge in [0.05, 0.1) is 0 Å². The third kappa shape index (κ3) is 4.52. The van der Waals surface area contributed by atoms with Crippen LogP contribution in [0.3, 0.4) is 0 Å². The van der Waals surface area contributed by atoms with Crippen LogP contribution in [0.4, 0.5) is 11.5 Å². The van der Waals surface area contributed by atoms with Gasteiger partial charge in [0.25, 0.3) is 5.91 Å². The van der Waals surface area contributed by atoms with Crippen LogP contribution in [-0.4, -0.2) is 42.0 Å². The van der Waals surface area contributed by atoms with Crippen LogP contribution in [0.1, 0.15) is 0 Å². The molecule has 6 nitrogen and oxygen atoms in total. The molecule has 1 aliphatic rings. The molecule has 1 amide bonds. The number of nitrogens with one attached hydrogen (secondary N) is 1. The summed E-state index contributed by atoms with van der Waals surface area (Å²) in [7, 11) is 0. The number of rotatable bonds is 4. The minimum atomic E-state index is -0.443. The fourth-order valence-electron chi connectivity index (χ4n) is 2.71. The molecule has 26 heavy (non-hydrogen) atoms. The van der Waals surface area contributed by atoms with Gasteiger partial charge in [-0.25, -0.2) is 4.98 Å². The van der Waals surface area contributed by atoms with Crippen molar-refractivity contribution in [1.29, 1.82) is 5.26 Å². The van der Waals surface area contributed by atoms with Crippen LogP contribution in [0.15, 0.2) is 60.4 Å². The number of hydrogen-bond acceptors (Lipinski definition) is 5. The van der Waals surface area contributed by atoms with E-state index in [-0.39, 0.29) is 5.57 Å². The largest absolute Gasteiger partial charge is 0.373 e. The van der Waals surface area contributed by atoms with Crippen molar-refractivity contribution >= 4 is 29.0 Å². The fourth-order valence-corrected chi connectivity index (χ4v) is 2.90. The number of aromatic nitrogens is 1. The number of pyridine rings is 1. The highest BCUT2D eigenvalue weighted by Crippen LogP contribution is 2.16. The van der Waals surface area contributed by atoms with Crippen molar-refractivity contribution < 1.29 is 4.79 Å². The SMILES string of the molecule is N#C/C(=C/N1CCN(c2ccccn2)CC1)C(=O)Nc1cccc(Cl)c1. The lowest BCUT2D eigenvalue weighted by atomic mass is 10.2. The van der Waals surface area contributed by atoms with Crippen molar-refractivity contribution in [1.82, 2.24) is 9.88 Å². The predicted octanol–water partition coefficient (Wildman–Crippen LogP) is 2.90. The van der Waals surface area contributed by atoms with E-state index in [4.69, 9.17) is 11.6 Å². The zero-order chi connectivity index (χ0) is 18.4. The summed E-state index contributed by atoms with van der Waals surface area (Å²) in [6.45, 7) is 2.99. The highest BCUT2D eigenvalue weighted by atomic mass is 35.5. The average molecular weight is 368 g/mol. The van der Waals surface area contributed by atoms with Gasteiger partial charge in [-0.1, -0.05) is 23.7 Å². The van der Waals surface area contributed by atoms with Crippen molar-refractivity contribution in [2.45, 2.75) is 0 Å². The lowest BCUT2D eigenvalue weighted by molar-refractivity contribution is -0.112. The van der Waals surface area contributed by atoms with Crippen molar-refractivity contribution in [3.8, 4) is 6.07 Å². The van der Waals surface area contributed by atoms with E-state index in [9.17, 15) is 10.1 Å². The van der Waals surface area contributed by atoms with E-state index in [1.54, 1.807) is 36.7 Å². The molecule has 0 unspecified atom stereocenters. The standard InChI is InChI=1S/C19H18ClN5O/c20-16-4-3-5-17(12-16)23-19(26)15(13-21)14-24-8-10-25(11-9-24)18-6-1-2-7-22-18/h1-7,12,14H,8-11H2,(H,23,26)/b15-14-. The molecular formula is C19H18ClN5O. The van der Waals surface area contributed by atoms with Crippen molar-refractivity contribution in [2.24, 2.45) is 0 Å². The van der Waals surface area contributed by atoms with Gasteiger partial charge in [0.2, 0.25) is 0 Å². The summed E-state index contributed by atoms with van der Waals surface area (Å²) in [5.41, 5.74) is 0.625. The van der Waals surface area contributed by atoms with Crippen molar-refractivity contribution in [3.05, 3.63) is 65.5 Å². The highest BCUT2D eigenvalue weighted by molar-refractivity contribution is 6.31. The van der Waals surface area contributed by atoms with Crippen LogP contribution in [0.5, 0.6) is 0 Å². The first kappa shape index (κ1) is 17.8. The van der Waals surface area contributed by atoms with E-state index in [2.05, 4.69) is 15.2 Å². The first-order valence-electron chi connectivity index (χ1n) is 8.24. The summed E-state index contributed by atoms with van der Waals surface area (Å²) in [4.78, 5) is 20.8. The molecular weight excluding hydrogens is 350 g/mol. The van der Waals surface area contributed by atoms with Gasteiger partial charge in [-0.05, 0) is 30.3 Å². The molecule has 2 aromatic rings. The highest BCUT2D eigenvalue weighted by Gasteiger charge is 2.18. The molecule has 0 atom stereocenters. The maximum absolute atomic E-state index is 12.3. The summed E-state index contributed by atoms with van der Waals surface area (Å²) >= 11 is 5.91. The van der Waals surface area contributed by atoms with Crippen LogP contribution in [0.25, 0.3) is 0 Å². The molecule has 1 aliphatic heterocycles. The second-order valence-electron chi connectivity index (χ2n) is 5.83. The van der Waals surface area contributed by atoms with E-state index in [1.165, 1.54) is 0 Å². The number of anilines is 2. The summed E-state index contributed by atoms with van der Waals surface area (Å²) in [6.07, 6.45) is 3.39. The molecule has 0 saturated carbocycles. The average Bonchev–Trinajstić information content (AvgIpc) is 2.67. The molecule has 0 aliphatic carbocycles. The molecule has 7 heteroatoms. The molecule has 1 aromatic carbocycles. The van der Waals surface area contributed by atoms with E-state index in [1.807, 2.05) is 29.2 Å². The summed E-state index contributed by atoms with van der Waals surface area (Å²) in [5.74, 6) is 0.497. The number of halogens is 1. The summed E-state index contributed by atoms with van der Waals surface area (Å²) in [6, 6.07) is 14.6. The summed E-state index contributed by atoms with van der Waals surface area (Å²) < 4.78 is 0. The zero-order valence-electron chi connectivity index (χ0n) is 14.1. The minimum absolute atomic E-state index is 0.0660. The Morgan fingerprint density at radius 3 is 2.65 bits per heavy atom. The van der Waals surface area contributed by atoms with Crippen molar-refractivity contribution in [2.75, 3.05) is 36.4 Å². The number of benzene rings is 1. The van der Waals surface area contributed by atoms with Crippen LogP contribution in [0.2, 0.25) is 5.02 Å². The van der Waals surface area contributed by atoms with Crippen LogP contribution >= 0.6 is 11.6 Å². The normalized spacial score (nSPS) is 14.7. The van der Waals surface area contributed by atoms with Crippen LogP contribution in [0, 0.1) is 11.3 Å². The number of amides is 1. The Labute approximate surface area is 157 Å². The first-order chi connectivity index (χ1) is 12.7.